The van der Waals surface area contributed by atoms with Gasteiger partial charge in [-0.1, -0.05) is 0 Å². The predicted octanol–water partition coefficient (Wildman–Crippen LogP) is 1.46. The van der Waals surface area contributed by atoms with Crippen LogP contribution in [-0.4, -0.2) is 36.6 Å². The normalized spacial score (nSPS) is 13.7. The Morgan fingerprint density at radius 1 is 1.36 bits per heavy atom. The van der Waals surface area contributed by atoms with E-state index in [4.69, 9.17) is 0 Å². The SMILES string of the molecule is C[C@@H](O)CNc1ccc(S(=O)(=O)NC(C)(C)C)cc1[N+](=O)[O-]. The summed E-state index contributed by atoms with van der Waals surface area (Å²) in [5.74, 6) is 0. The fourth-order valence-electron chi connectivity index (χ4n) is 1.70. The second kappa shape index (κ2) is 6.59. The number of aliphatic hydroxyl groups is 1. The fourth-order valence-corrected chi connectivity index (χ4v) is 3.14. The van der Waals surface area contributed by atoms with Crippen molar-refractivity contribution < 1.29 is 18.4 Å². The van der Waals surface area contributed by atoms with Crippen LogP contribution in [0.25, 0.3) is 0 Å². The summed E-state index contributed by atoms with van der Waals surface area (Å²) in [7, 11) is -3.85. The van der Waals surface area contributed by atoms with E-state index in [9.17, 15) is 23.6 Å². The Kier molecular flexibility index (Phi) is 5.49. The minimum Gasteiger partial charge on any atom is -0.392 e. The predicted molar refractivity (Wildman–Crippen MR) is 83.3 cm³/mol. The molecule has 0 heterocycles. The van der Waals surface area contributed by atoms with Crippen LogP contribution < -0.4 is 10.0 Å². The maximum absolute atomic E-state index is 12.2. The van der Waals surface area contributed by atoms with Crippen molar-refractivity contribution >= 4 is 21.4 Å². The highest BCUT2D eigenvalue weighted by molar-refractivity contribution is 7.89. The molecular formula is C13H21N3O5S. The Bertz CT molecular complexity index is 650. The number of aliphatic hydroxyl groups excluding tert-OH is 1. The third-order valence-corrected chi connectivity index (χ3v) is 4.26. The fraction of sp³-hybridized carbons (Fsp3) is 0.538. The highest BCUT2D eigenvalue weighted by atomic mass is 32.2. The first kappa shape index (κ1) is 18.3. The molecule has 124 valence electrons. The number of hydrogen-bond acceptors (Lipinski definition) is 6. The van der Waals surface area contributed by atoms with Gasteiger partial charge in [0, 0.05) is 18.2 Å². The van der Waals surface area contributed by atoms with Crippen molar-refractivity contribution in [1.82, 2.24) is 4.72 Å². The maximum atomic E-state index is 12.2. The minimum atomic E-state index is -3.85. The Balaban J connectivity index is 3.20. The van der Waals surface area contributed by atoms with E-state index in [1.54, 1.807) is 20.8 Å². The molecule has 1 aromatic carbocycles. The highest BCUT2D eigenvalue weighted by Gasteiger charge is 2.25. The number of benzene rings is 1. The van der Waals surface area contributed by atoms with Gasteiger partial charge in [-0.15, -0.1) is 0 Å². The van der Waals surface area contributed by atoms with E-state index in [1.165, 1.54) is 19.1 Å². The largest absolute Gasteiger partial charge is 0.392 e. The Labute approximate surface area is 129 Å². The van der Waals surface area contributed by atoms with Crippen LogP contribution in [0, 0.1) is 10.1 Å². The summed E-state index contributed by atoms with van der Waals surface area (Å²) < 4.78 is 26.8. The lowest BCUT2D eigenvalue weighted by molar-refractivity contribution is -0.384. The van der Waals surface area contributed by atoms with Crippen molar-refractivity contribution in [1.29, 1.82) is 0 Å². The van der Waals surface area contributed by atoms with Crippen molar-refractivity contribution in [3.8, 4) is 0 Å². The highest BCUT2D eigenvalue weighted by Crippen LogP contribution is 2.28. The lowest BCUT2D eigenvalue weighted by Gasteiger charge is -2.20. The lowest BCUT2D eigenvalue weighted by Crippen LogP contribution is -2.40. The summed E-state index contributed by atoms with van der Waals surface area (Å²) in [6, 6.07) is 3.60. The van der Waals surface area contributed by atoms with Gasteiger partial charge in [-0.25, -0.2) is 13.1 Å². The summed E-state index contributed by atoms with van der Waals surface area (Å²) in [5, 5.41) is 23.0. The van der Waals surface area contributed by atoms with E-state index >= 15 is 0 Å². The molecule has 0 fully saturated rings. The van der Waals surface area contributed by atoms with Crippen LogP contribution in [0.1, 0.15) is 27.7 Å². The van der Waals surface area contributed by atoms with Crippen molar-refractivity contribution in [3.05, 3.63) is 28.3 Å². The van der Waals surface area contributed by atoms with E-state index in [0.29, 0.717) is 0 Å². The van der Waals surface area contributed by atoms with Gasteiger partial charge in [0.2, 0.25) is 10.0 Å². The molecule has 0 saturated carbocycles. The van der Waals surface area contributed by atoms with E-state index in [0.717, 1.165) is 6.07 Å². The molecule has 0 saturated heterocycles. The number of hydrogen-bond donors (Lipinski definition) is 3. The molecular weight excluding hydrogens is 310 g/mol. The summed E-state index contributed by atoms with van der Waals surface area (Å²) in [6.07, 6.45) is -0.689. The third kappa shape index (κ3) is 5.24. The van der Waals surface area contributed by atoms with Gasteiger partial charge in [0.15, 0.2) is 0 Å². The number of nitrogens with one attached hydrogen (secondary N) is 2. The van der Waals surface area contributed by atoms with Gasteiger partial charge >= 0.3 is 0 Å². The van der Waals surface area contributed by atoms with Crippen LogP contribution in [0.4, 0.5) is 11.4 Å². The zero-order valence-electron chi connectivity index (χ0n) is 13.0. The van der Waals surface area contributed by atoms with Gasteiger partial charge in [-0.3, -0.25) is 10.1 Å². The molecule has 1 atom stereocenters. The first-order valence-electron chi connectivity index (χ1n) is 6.67. The Morgan fingerprint density at radius 3 is 2.41 bits per heavy atom. The molecule has 9 heteroatoms. The van der Waals surface area contributed by atoms with Gasteiger partial charge in [-0.2, -0.15) is 0 Å². The average molecular weight is 331 g/mol. The number of nitrogens with zero attached hydrogens (tertiary/aromatic N) is 1. The minimum absolute atomic E-state index is 0.118. The van der Waals surface area contributed by atoms with Gasteiger partial charge < -0.3 is 10.4 Å². The molecule has 0 aliphatic heterocycles. The second-order valence-corrected chi connectivity index (χ2v) is 7.70. The van der Waals surface area contributed by atoms with Crippen LogP contribution in [0.3, 0.4) is 0 Å². The molecule has 0 unspecified atom stereocenters. The standard InChI is InChI=1S/C13H21N3O5S/c1-9(17)8-14-11-6-5-10(7-12(11)16(18)19)22(20,21)15-13(2,3)4/h5-7,9,14-15,17H,8H2,1-4H3/t9-/m1/s1. The zero-order chi connectivity index (χ0) is 17.1. The molecule has 22 heavy (non-hydrogen) atoms. The van der Waals surface area contributed by atoms with Crippen LogP contribution >= 0.6 is 0 Å². The first-order valence-corrected chi connectivity index (χ1v) is 8.15. The second-order valence-electron chi connectivity index (χ2n) is 6.02. The molecule has 0 spiro atoms. The van der Waals surface area contributed by atoms with Crippen LogP contribution in [0.15, 0.2) is 23.1 Å². The molecule has 0 aliphatic rings. The number of rotatable bonds is 6. The molecule has 1 aromatic rings. The van der Waals surface area contributed by atoms with Gasteiger partial charge in [0.05, 0.1) is 15.9 Å². The van der Waals surface area contributed by atoms with Crippen LogP contribution in [0.2, 0.25) is 0 Å². The Hall–Kier alpha value is -1.71. The lowest BCUT2D eigenvalue weighted by atomic mass is 10.1. The molecule has 3 N–H and O–H groups in total. The Morgan fingerprint density at radius 2 is 1.95 bits per heavy atom. The molecule has 0 radical (unpaired) electrons. The third-order valence-electron chi connectivity index (χ3n) is 2.50. The monoisotopic (exact) mass is 331 g/mol. The molecule has 8 nitrogen and oxygen atoms in total. The van der Waals surface area contributed by atoms with Crippen molar-refractivity contribution in [2.24, 2.45) is 0 Å². The van der Waals surface area contributed by atoms with Crippen molar-refractivity contribution in [2.45, 2.75) is 44.2 Å². The quantitative estimate of drug-likeness (QED) is 0.536. The number of nitro benzene ring substituents is 1. The number of anilines is 1. The number of sulfonamides is 1. The van der Waals surface area contributed by atoms with E-state index in [2.05, 4.69) is 10.0 Å². The van der Waals surface area contributed by atoms with Crippen LogP contribution in [-0.2, 0) is 10.0 Å². The molecule has 0 amide bonds. The summed E-state index contributed by atoms with van der Waals surface area (Å²) >= 11 is 0. The van der Waals surface area contributed by atoms with Crippen molar-refractivity contribution in [3.63, 3.8) is 0 Å². The molecule has 1 rings (SSSR count). The van der Waals surface area contributed by atoms with E-state index in [-0.39, 0.29) is 22.8 Å². The topological polar surface area (TPSA) is 122 Å². The average Bonchev–Trinajstić information content (AvgIpc) is 2.32. The van der Waals surface area contributed by atoms with Gasteiger partial charge in [0.25, 0.3) is 5.69 Å². The van der Waals surface area contributed by atoms with E-state index < -0.39 is 26.6 Å². The summed E-state index contributed by atoms with van der Waals surface area (Å²) in [5.41, 5.74) is -0.908. The van der Waals surface area contributed by atoms with E-state index in [1.807, 2.05) is 0 Å². The zero-order valence-corrected chi connectivity index (χ0v) is 13.8. The number of nitro groups is 1. The maximum Gasteiger partial charge on any atom is 0.293 e. The summed E-state index contributed by atoms with van der Waals surface area (Å²) in [4.78, 5) is 10.3. The molecule has 0 bridgehead atoms. The first-order chi connectivity index (χ1) is 9.92. The molecule has 0 aromatic heterocycles. The summed E-state index contributed by atoms with van der Waals surface area (Å²) in [6.45, 7) is 6.69. The van der Waals surface area contributed by atoms with Gasteiger partial charge in [0.1, 0.15) is 5.69 Å². The van der Waals surface area contributed by atoms with Crippen molar-refractivity contribution in [2.75, 3.05) is 11.9 Å². The van der Waals surface area contributed by atoms with Crippen LogP contribution in [0.5, 0.6) is 0 Å². The molecule has 0 aliphatic carbocycles. The smallest absolute Gasteiger partial charge is 0.293 e. The van der Waals surface area contributed by atoms with Gasteiger partial charge in [-0.05, 0) is 39.8 Å².